The Hall–Kier alpha value is -1.50. The van der Waals surface area contributed by atoms with Crippen LogP contribution in [0.3, 0.4) is 0 Å². The topological polar surface area (TPSA) is 34.5 Å². The molecule has 104 valence electrons. The first-order valence-corrected chi connectivity index (χ1v) is 4.97. The van der Waals surface area contributed by atoms with Crippen LogP contribution < -0.4 is 4.74 Å². The van der Waals surface area contributed by atoms with Crippen LogP contribution in [0.5, 0.6) is 5.75 Å². The second-order valence-corrected chi connectivity index (χ2v) is 3.21. The molecular formula is C15H18N2OPd. The summed E-state index contributed by atoms with van der Waals surface area (Å²) in [6.45, 7) is 0. The summed E-state index contributed by atoms with van der Waals surface area (Å²) < 4.78 is 5.07. The van der Waals surface area contributed by atoms with Gasteiger partial charge in [0.2, 0.25) is 0 Å². The van der Waals surface area contributed by atoms with Crippen LogP contribution in [0.1, 0.15) is 5.69 Å². The molecular weight excluding hydrogens is 331 g/mol. The van der Waals surface area contributed by atoms with E-state index in [1.165, 1.54) is 0 Å². The van der Waals surface area contributed by atoms with Gasteiger partial charge < -0.3 is 19.6 Å². The van der Waals surface area contributed by atoms with Crippen molar-refractivity contribution in [3.05, 3.63) is 69.2 Å². The minimum Gasteiger partial charge on any atom is -0.497 e. The van der Waals surface area contributed by atoms with Crippen LogP contribution in [-0.4, -0.2) is 18.3 Å². The summed E-state index contributed by atoms with van der Waals surface area (Å²) in [4.78, 5) is 8.46. The molecule has 19 heavy (non-hydrogen) atoms. The number of nitrogens with zero attached hydrogens (tertiary/aromatic N) is 2. The Balaban J connectivity index is 0. The number of aliphatic imine (C=N–C) groups is 1. The number of hydrogen-bond acceptors (Lipinski definition) is 3. The molecule has 0 aliphatic rings. The van der Waals surface area contributed by atoms with Crippen molar-refractivity contribution in [3.63, 3.8) is 0 Å². The van der Waals surface area contributed by atoms with Crippen LogP contribution >= 0.6 is 0 Å². The molecule has 2 rings (SSSR count). The first-order valence-electron chi connectivity index (χ1n) is 4.97. The number of benzene rings is 1. The second-order valence-electron chi connectivity index (χ2n) is 3.21. The summed E-state index contributed by atoms with van der Waals surface area (Å²) in [5.74, 6) is 0.830. The van der Waals surface area contributed by atoms with Gasteiger partial charge >= 0.3 is 20.4 Å². The van der Waals surface area contributed by atoms with E-state index in [1.54, 1.807) is 19.5 Å². The van der Waals surface area contributed by atoms with Crippen molar-refractivity contribution >= 4 is 11.9 Å². The van der Waals surface area contributed by atoms with Gasteiger partial charge in [0.25, 0.3) is 0 Å². The SMILES string of the molecule is COc1ccc(N=Cc2ccccn2)cc1.[CH3-].[CH3-].[Pd+2]. The Morgan fingerprint density at radius 3 is 2.26 bits per heavy atom. The normalized spacial score (nSPS) is 8.89. The van der Waals surface area contributed by atoms with Crippen molar-refractivity contribution in [1.82, 2.24) is 4.98 Å². The van der Waals surface area contributed by atoms with Gasteiger partial charge in [-0.3, -0.25) is 9.98 Å². The third kappa shape index (κ3) is 6.28. The van der Waals surface area contributed by atoms with Crippen molar-refractivity contribution in [3.8, 4) is 5.75 Å². The summed E-state index contributed by atoms with van der Waals surface area (Å²) in [5.41, 5.74) is 1.73. The standard InChI is InChI=1S/C13H12N2O.2CH3.Pd/c1-16-13-7-5-11(6-8-13)15-10-12-4-2-3-9-14-12;;;/h2-10H,1H3;2*1H3;/q;2*-1;+2. The maximum Gasteiger partial charge on any atom is 2.00 e. The molecule has 0 N–H and O–H groups in total. The van der Waals surface area contributed by atoms with Crippen molar-refractivity contribution in [2.75, 3.05) is 7.11 Å². The summed E-state index contributed by atoms with van der Waals surface area (Å²) in [6.07, 6.45) is 3.48. The van der Waals surface area contributed by atoms with E-state index < -0.39 is 0 Å². The van der Waals surface area contributed by atoms with Gasteiger partial charge in [0.15, 0.2) is 0 Å². The molecule has 0 aliphatic carbocycles. The van der Waals surface area contributed by atoms with Crippen LogP contribution in [0.4, 0.5) is 5.69 Å². The number of methoxy groups -OCH3 is 1. The zero-order chi connectivity index (χ0) is 11.2. The van der Waals surface area contributed by atoms with Gasteiger partial charge in [0, 0.05) is 6.20 Å². The van der Waals surface area contributed by atoms with E-state index in [2.05, 4.69) is 9.98 Å². The first kappa shape index (κ1) is 19.8. The largest absolute Gasteiger partial charge is 2.00 e. The number of aromatic nitrogens is 1. The maximum absolute atomic E-state index is 5.07. The van der Waals surface area contributed by atoms with E-state index in [0.717, 1.165) is 17.1 Å². The predicted molar refractivity (Wildman–Crippen MR) is 77.3 cm³/mol. The zero-order valence-corrected chi connectivity index (χ0v) is 12.9. The fourth-order valence-corrected chi connectivity index (χ4v) is 1.26. The van der Waals surface area contributed by atoms with Gasteiger partial charge in [-0.05, 0) is 36.4 Å². The van der Waals surface area contributed by atoms with Crippen LogP contribution in [0, 0.1) is 14.9 Å². The maximum atomic E-state index is 5.07. The number of rotatable bonds is 3. The van der Waals surface area contributed by atoms with Crippen LogP contribution in [0.25, 0.3) is 0 Å². The molecule has 0 unspecified atom stereocenters. The van der Waals surface area contributed by atoms with Crippen molar-refractivity contribution < 1.29 is 25.2 Å². The Morgan fingerprint density at radius 1 is 1.05 bits per heavy atom. The zero-order valence-electron chi connectivity index (χ0n) is 11.3. The Labute approximate surface area is 129 Å². The van der Waals surface area contributed by atoms with Gasteiger partial charge in [-0.2, -0.15) is 0 Å². The summed E-state index contributed by atoms with van der Waals surface area (Å²) in [7, 11) is 1.65. The second kappa shape index (κ2) is 10.4. The van der Waals surface area contributed by atoms with E-state index in [9.17, 15) is 0 Å². The smallest absolute Gasteiger partial charge is 0.497 e. The van der Waals surface area contributed by atoms with E-state index in [1.807, 2.05) is 42.5 Å². The Morgan fingerprint density at radius 2 is 1.74 bits per heavy atom. The van der Waals surface area contributed by atoms with E-state index in [-0.39, 0.29) is 35.3 Å². The minimum absolute atomic E-state index is 0. The van der Waals surface area contributed by atoms with E-state index in [4.69, 9.17) is 4.74 Å². The molecule has 0 bridgehead atoms. The van der Waals surface area contributed by atoms with Crippen molar-refractivity contribution in [2.24, 2.45) is 4.99 Å². The Kier molecular flexibility index (Phi) is 10.9. The number of pyridine rings is 1. The van der Waals surface area contributed by atoms with Gasteiger partial charge in [0.1, 0.15) is 5.75 Å². The molecule has 0 atom stereocenters. The van der Waals surface area contributed by atoms with E-state index >= 15 is 0 Å². The van der Waals surface area contributed by atoms with Gasteiger partial charge in [-0.1, -0.05) is 6.07 Å². The average Bonchev–Trinajstić information content (AvgIpc) is 2.38. The Bertz CT molecular complexity index is 469. The molecule has 0 aliphatic heterocycles. The van der Waals surface area contributed by atoms with Crippen molar-refractivity contribution in [2.45, 2.75) is 0 Å². The first-order chi connectivity index (χ1) is 7.88. The fraction of sp³-hybridized carbons (Fsp3) is 0.0667. The molecule has 3 nitrogen and oxygen atoms in total. The molecule has 0 saturated heterocycles. The molecule has 2 aromatic rings. The average molecular weight is 349 g/mol. The molecule has 0 radical (unpaired) electrons. The molecule has 1 heterocycles. The molecule has 0 saturated carbocycles. The van der Waals surface area contributed by atoms with Crippen LogP contribution in [0.2, 0.25) is 0 Å². The molecule has 1 aromatic carbocycles. The monoisotopic (exact) mass is 348 g/mol. The third-order valence-electron chi connectivity index (χ3n) is 2.11. The minimum atomic E-state index is 0. The number of ether oxygens (including phenoxy) is 1. The molecule has 4 heteroatoms. The quantitative estimate of drug-likeness (QED) is 0.481. The molecule has 1 aromatic heterocycles. The van der Waals surface area contributed by atoms with Crippen molar-refractivity contribution in [1.29, 1.82) is 0 Å². The van der Waals surface area contributed by atoms with Gasteiger partial charge in [-0.15, -0.1) is 0 Å². The van der Waals surface area contributed by atoms with E-state index in [0.29, 0.717) is 0 Å². The van der Waals surface area contributed by atoms with Crippen LogP contribution in [-0.2, 0) is 20.4 Å². The third-order valence-corrected chi connectivity index (χ3v) is 2.11. The fourth-order valence-electron chi connectivity index (χ4n) is 1.26. The summed E-state index contributed by atoms with van der Waals surface area (Å²) >= 11 is 0. The summed E-state index contributed by atoms with van der Waals surface area (Å²) in [5, 5.41) is 0. The van der Waals surface area contributed by atoms with Crippen LogP contribution in [0.15, 0.2) is 53.7 Å². The molecule has 0 amide bonds. The van der Waals surface area contributed by atoms with Gasteiger partial charge in [0.05, 0.1) is 24.7 Å². The number of hydrogen-bond donors (Lipinski definition) is 0. The molecule has 0 fully saturated rings. The predicted octanol–water partition coefficient (Wildman–Crippen LogP) is 3.74. The summed E-state index contributed by atoms with van der Waals surface area (Å²) in [6, 6.07) is 13.3. The van der Waals surface area contributed by atoms with Gasteiger partial charge in [-0.25, -0.2) is 0 Å². The molecule has 0 spiro atoms.